The van der Waals surface area contributed by atoms with Gasteiger partial charge in [0, 0.05) is 29.1 Å². The highest BCUT2D eigenvalue weighted by atomic mass is 32.2. The van der Waals surface area contributed by atoms with Gasteiger partial charge in [0.15, 0.2) is 0 Å². The Bertz CT molecular complexity index is 678. The summed E-state index contributed by atoms with van der Waals surface area (Å²) in [5.74, 6) is 0. The number of thiol groups is 1. The van der Waals surface area contributed by atoms with Crippen LogP contribution >= 0.6 is 10.9 Å². The predicted octanol–water partition coefficient (Wildman–Crippen LogP) is 2.93. The van der Waals surface area contributed by atoms with Crippen LogP contribution in [0.15, 0.2) is 40.1 Å². The molecule has 2 aliphatic rings. The number of nitrogens with one attached hydrogen (secondary N) is 1. The third kappa shape index (κ3) is 1.83. The van der Waals surface area contributed by atoms with Crippen molar-refractivity contribution in [3.8, 4) is 0 Å². The molecule has 0 aromatic carbocycles. The van der Waals surface area contributed by atoms with Gasteiger partial charge < -0.3 is 0 Å². The van der Waals surface area contributed by atoms with Crippen molar-refractivity contribution < 1.29 is 0 Å². The first-order chi connectivity index (χ1) is 9.83. The van der Waals surface area contributed by atoms with Crippen molar-refractivity contribution in [2.24, 2.45) is 4.99 Å². The van der Waals surface area contributed by atoms with Crippen LogP contribution in [0.5, 0.6) is 0 Å². The third-order valence-corrected chi connectivity index (χ3v) is 6.22. The number of rotatable bonds is 3. The lowest BCUT2D eigenvalue weighted by Crippen LogP contribution is -2.17. The molecule has 1 aliphatic heterocycles. The van der Waals surface area contributed by atoms with Crippen molar-refractivity contribution in [1.29, 1.82) is 0 Å². The first-order valence-electron chi connectivity index (χ1n) is 6.91. The quantitative estimate of drug-likeness (QED) is 0.853. The van der Waals surface area contributed by atoms with E-state index in [-0.39, 0.29) is 0 Å². The molecule has 4 rings (SSSR count). The van der Waals surface area contributed by atoms with Crippen LogP contribution in [0.25, 0.3) is 0 Å². The van der Waals surface area contributed by atoms with Crippen molar-refractivity contribution in [3.05, 3.63) is 41.5 Å². The van der Waals surface area contributed by atoms with Gasteiger partial charge in [0.25, 0.3) is 0 Å². The Kier molecular flexibility index (Phi) is 2.77. The van der Waals surface area contributed by atoms with Gasteiger partial charge in [0.2, 0.25) is 0 Å². The smallest absolute Gasteiger partial charge is 0.0944 e. The number of hydrogen-bond donors (Lipinski definition) is 2. The molecule has 1 aliphatic carbocycles. The van der Waals surface area contributed by atoms with Crippen LogP contribution in [0.1, 0.15) is 36.6 Å². The van der Waals surface area contributed by atoms with E-state index >= 15 is 0 Å². The minimum atomic E-state index is -0.534. The normalized spacial score (nSPS) is 23.9. The molecule has 2 aromatic heterocycles. The molecule has 1 unspecified atom stereocenters. The third-order valence-electron chi connectivity index (χ3n) is 4.00. The van der Waals surface area contributed by atoms with Gasteiger partial charge in [0.1, 0.15) is 0 Å². The van der Waals surface area contributed by atoms with Gasteiger partial charge in [-0.2, -0.15) is 21.1 Å². The molecular formula is C14H17N5S. The summed E-state index contributed by atoms with van der Waals surface area (Å²) in [5.41, 5.74) is 2.21. The fourth-order valence-electron chi connectivity index (χ4n) is 2.63. The van der Waals surface area contributed by atoms with Gasteiger partial charge >= 0.3 is 0 Å². The molecule has 20 heavy (non-hydrogen) atoms. The lowest BCUT2D eigenvalue weighted by atomic mass is 9.93. The van der Waals surface area contributed by atoms with Crippen LogP contribution < -0.4 is 0 Å². The van der Waals surface area contributed by atoms with Crippen molar-refractivity contribution in [1.82, 2.24) is 20.0 Å². The molecule has 0 amide bonds. The van der Waals surface area contributed by atoms with Gasteiger partial charge in [-0.25, -0.2) is 4.99 Å². The predicted molar refractivity (Wildman–Crippen MR) is 81.4 cm³/mol. The maximum atomic E-state index is 4.71. The molecule has 1 atom stereocenters. The standard InChI is InChI=1S/C14H17N5S/c1-10-13(9-19(18-10)12-3-2-4-12)20-6-5-15-14(20)11-7-16-17-8-11/h5-9,12,20H,2-4H2,1H3,(H,16,17). The van der Waals surface area contributed by atoms with Crippen LogP contribution in [-0.4, -0.2) is 25.0 Å². The summed E-state index contributed by atoms with van der Waals surface area (Å²) in [6, 6.07) is 0.610. The van der Waals surface area contributed by atoms with E-state index in [9.17, 15) is 0 Å². The van der Waals surface area contributed by atoms with Gasteiger partial charge in [-0.15, -0.1) is 0 Å². The van der Waals surface area contributed by atoms with Crippen LogP contribution in [-0.2, 0) is 0 Å². The zero-order chi connectivity index (χ0) is 13.5. The summed E-state index contributed by atoms with van der Waals surface area (Å²) >= 11 is 0. The van der Waals surface area contributed by atoms with E-state index in [0.29, 0.717) is 6.04 Å². The molecule has 0 spiro atoms. The van der Waals surface area contributed by atoms with Gasteiger partial charge in [-0.3, -0.25) is 9.78 Å². The minimum absolute atomic E-state index is 0.534. The molecule has 3 heterocycles. The van der Waals surface area contributed by atoms with Gasteiger partial charge in [-0.05, 0) is 31.6 Å². The summed E-state index contributed by atoms with van der Waals surface area (Å²) < 4.78 is 2.16. The molecular weight excluding hydrogens is 270 g/mol. The largest absolute Gasteiger partial charge is 0.285 e. The minimum Gasteiger partial charge on any atom is -0.285 e. The van der Waals surface area contributed by atoms with Crippen LogP contribution in [0.4, 0.5) is 0 Å². The number of aliphatic imine (C=N–C) groups is 1. The molecule has 6 heteroatoms. The highest BCUT2D eigenvalue weighted by Crippen LogP contribution is 2.46. The molecule has 0 saturated heterocycles. The van der Waals surface area contributed by atoms with Crippen molar-refractivity contribution in [2.45, 2.75) is 37.1 Å². The Morgan fingerprint density at radius 2 is 2.30 bits per heavy atom. The molecule has 104 valence electrons. The number of H-pyrrole nitrogens is 1. The molecule has 1 N–H and O–H groups in total. The molecule has 0 radical (unpaired) electrons. The van der Waals surface area contributed by atoms with Crippen LogP contribution in [0, 0.1) is 6.92 Å². The van der Waals surface area contributed by atoms with Crippen molar-refractivity contribution in [3.63, 3.8) is 0 Å². The number of aryl methyl sites for hydroxylation is 1. The van der Waals surface area contributed by atoms with E-state index in [0.717, 1.165) is 16.3 Å². The maximum absolute atomic E-state index is 4.71. The Balaban J connectivity index is 1.68. The van der Waals surface area contributed by atoms with E-state index in [4.69, 9.17) is 5.10 Å². The van der Waals surface area contributed by atoms with Gasteiger partial charge in [-0.1, -0.05) is 0 Å². The topological polar surface area (TPSA) is 58.9 Å². The van der Waals surface area contributed by atoms with E-state index in [1.54, 1.807) is 0 Å². The highest BCUT2D eigenvalue weighted by Gasteiger charge is 2.25. The Hall–Kier alpha value is -1.82. The zero-order valence-electron chi connectivity index (χ0n) is 11.3. The molecule has 2 aromatic rings. The molecule has 0 bridgehead atoms. The van der Waals surface area contributed by atoms with Crippen molar-refractivity contribution >= 4 is 15.9 Å². The monoisotopic (exact) mass is 287 g/mol. The first-order valence-corrected chi connectivity index (χ1v) is 8.32. The summed E-state index contributed by atoms with van der Waals surface area (Å²) in [7, 11) is -0.534. The number of nitrogens with zero attached hydrogens (tertiary/aromatic N) is 4. The second kappa shape index (κ2) is 4.63. The summed E-state index contributed by atoms with van der Waals surface area (Å²) in [6.45, 7) is 2.10. The summed E-state index contributed by atoms with van der Waals surface area (Å²) in [6.07, 6.45) is 11.7. The van der Waals surface area contributed by atoms with Crippen LogP contribution in [0.2, 0.25) is 0 Å². The SMILES string of the molecule is Cc1nn(C2CCC2)cc1[SH]1C=CN=C1c1cn[nH]c1. The second-order valence-corrected chi connectivity index (χ2v) is 7.22. The van der Waals surface area contributed by atoms with E-state index in [2.05, 4.69) is 38.4 Å². The average molecular weight is 287 g/mol. The average Bonchev–Trinajstić information content (AvgIpc) is 3.05. The second-order valence-electron chi connectivity index (χ2n) is 5.27. The molecule has 1 saturated carbocycles. The van der Waals surface area contributed by atoms with E-state index in [1.807, 2.05) is 18.6 Å². The van der Waals surface area contributed by atoms with Crippen LogP contribution in [0.3, 0.4) is 0 Å². The van der Waals surface area contributed by atoms with E-state index in [1.165, 1.54) is 24.2 Å². The highest BCUT2D eigenvalue weighted by molar-refractivity contribution is 8.33. The number of hydrogen-bond acceptors (Lipinski definition) is 3. The Labute approximate surface area is 120 Å². The lowest BCUT2D eigenvalue weighted by molar-refractivity contribution is 0.288. The number of aromatic amines is 1. The fraction of sp³-hybridized carbons (Fsp3) is 0.357. The van der Waals surface area contributed by atoms with Gasteiger partial charge in [0.05, 0.1) is 23.0 Å². The number of aromatic nitrogens is 4. The summed E-state index contributed by atoms with van der Waals surface area (Å²) in [5, 5.41) is 14.9. The first kappa shape index (κ1) is 12.0. The lowest BCUT2D eigenvalue weighted by Gasteiger charge is -2.25. The Morgan fingerprint density at radius 3 is 3.00 bits per heavy atom. The summed E-state index contributed by atoms with van der Waals surface area (Å²) in [4.78, 5) is 5.85. The van der Waals surface area contributed by atoms with Crippen molar-refractivity contribution in [2.75, 3.05) is 0 Å². The Morgan fingerprint density at radius 1 is 1.40 bits per heavy atom. The zero-order valence-corrected chi connectivity index (χ0v) is 12.2. The molecule has 5 nitrogen and oxygen atoms in total. The fourth-order valence-corrected chi connectivity index (χ4v) is 4.59. The van der Waals surface area contributed by atoms with E-state index < -0.39 is 10.9 Å². The maximum Gasteiger partial charge on any atom is 0.0944 e. The molecule has 1 fully saturated rings.